The standard InChI is InChI=1S/C18H20N6O/c1-11-17(12(2)24(4)23-11)18-19-10-9-16(22-18)21-15-7-5-14(6-8-15)20-13(3)25/h5-10H,1-4H3,(H,20,25)(H,19,21,22). The average molecular weight is 336 g/mol. The number of hydrogen-bond donors (Lipinski definition) is 2. The summed E-state index contributed by atoms with van der Waals surface area (Å²) < 4.78 is 1.83. The number of nitrogens with zero attached hydrogens (tertiary/aromatic N) is 4. The van der Waals surface area contributed by atoms with E-state index in [-0.39, 0.29) is 5.91 Å². The molecular weight excluding hydrogens is 316 g/mol. The molecule has 0 aliphatic rings. The molecule has 0 radical (unpaired) electrons. The minimum absolute atomic E-state index is 0.0941. The predicted molar refractivity (Wildman–Crippen MR) is 97.7 cm³/mol. The Kier molecular flexibility index (Phi) is 4.47. The molecule has 2 N–H and O–H groups in total. The quantitative estimate of drug-likeness (QED) is 0.764. The van der Waals surface area contributed by atoms with Crippen molar-refractivity contribution < 1.29 is 4.79 Å². The number of carbonyl (C=O) groups excluding carboxylic acids is 1. The Balaban J connectivity index is 1.83. The van der Waals surface area contributed by atoms with Crippen LogP contribution in [0.1, 0.15) is 18.3 Å². The molecule has 0 bridgehead atoms. The fourth-order valence-electron chi connectivity index (χ4n) is 2.63. The summed E-state index contributed by atoms with van der Waals surface area (Å²) in [7, 11) is 1.91. The smallest absolute Gasteiger partial charge is 0.221 e. The SMILES string of the molecule is CC(=O)Nc1ccc(Nc2ccnc(-c3c(C)nn(C)c3C)n2)cc1. The summed E-state index contributed by atoms with van der Waals surface area (Å²) >= 11 is 0. The number of amides is 1. The first-order valence-electron chi connectivity index (χ1n) is 7.92. The van der Waals surface area contributed by atoms with Crippen molar-refractivity contribution in [2.75, 3.05) is 10.6 Å². The number of benzene rings is 1. The molecule has 0 spiro atoms. The fraction of sp³-hybridized carbons (Fsp3) is 0.222. The van der Waals surface area contributed by atoms with Gasteiger partial charge >= 0.3 is 0 Å². The van der Waals surface area contributed by atoms with Gasteiger partial charge in [-0.05, 0) is 44.2 Å². The molecule has 0 saturated carbocycles. The molecule has 0 fully saturated rings. The third-order valence-corrected chi connectivity index (χ3v) is 3.87. The number of aryl methyl sites for hydroxylation is 2. The lowest BCUT2D eigenvalue weighted by molar-refractivity contribution is -0.114. The van der Waals surface area contributed by atoms with Crippen molar-refractivity contribution in [1.82, 2.24) is 19.7 Å². The maximum absolute atomic E-state index is 11.1. The maximum atomic E-state index is 11.1. The van der Waals surface area contributed by atoms with E-state index in [1.54, 1.807) is 6.20 Å². The van der Waals surface area contributed by atoms with E-state index in [0.717, 1.165) is 28.3 Å². The molecule has 3 rings (SSSR count). The predicted octanol–water partition coefficient (Wildman–Crippen LogP) is 3.20. The lowest BCUT2D eigenvalue weighted by Crippen LogP contribution is -2.05. The van der Waals surface area contributed by atoms with E-state index in [4.69, 9.17) is 0 Å². The van der Waals surface area contributed by atoms with Gasteiger partial charge in [0.1, 0.15) is 5.82 Å². The average Bonchev–Trinajstić information content (AvgIpc) is 2.82. The molecule has 0 aliphatic carbocycles. The maximum Gasteiger partial charge on any atom is 0.221 e. The highest BCUT2D eigenvalue weighted by Gasteiger charge is 2.14. The van der Waals surface area contributed by atoms with E-state index < -0.39 is 0 Å². The van der Waals surface area contributed by atoms with Gasteiger partial charge in [0, 0.05) is 37.2 Å². The second-order valence-electron chi connectivity index (χ2n) is 5.82. The summed E-state index contributed by atoms with van der Waals surface area (Å²) in [6, 6.07) is 9.25. The zero-order chi connectivity index (χ0) is 18.0. The van der Waals surface area contributed by atoms with Gasteiger partial charge in [0.05, 0.1) is 11.3 Å². The van der Waals surface area contributed by atoms with Crippen molar-refractivity contribution in [1.29, 1.82) is 0 Å². The van der Waals surface area contributed by atoms with Crippen molar-refractivity contribution in [2.24, 2.45) is 7.05 Å². The monoisotopic (exact) mass is 336 g/mol. The van der Waals surface area contributed by atoms with Crippen LogP contribution >= 0.6 is 0 Å². The van der Waals surface area contributed by atoms with Crippen LogP contribution in [0.3, 0.4) is 0 Å². The topological polar surface area (TPSA) is 84.7 Å². The molecule has 0 unspecified atom stereocenters. The molecule has 2 aromatic heterocycles. The second-order valence-corrected chi connectivity index (χ2v) is 5.82. The van der Waals surface area contributed by atoms with Crippen LogP contribution in [0.2, 0.25) is 0 Å². The van der Waals surface area contributed by atoms with Crippen molar-refractivity contribution in [3.8, 4) is 11.4 Å². The Bertz CT molecular complexity index is 914. The molecule has 7 nitrogen and oxygen atoms in total. The molecule has 2 heterocycles. The van der Waals surface area contributed by atoms with Gasteiger partial charge in [-0.15, -0.1) is 0 Å². The van der Waals surface area contributed by atoms with E-state index in [9.17, 15) is 4.79 Å². The molecule has 1 amide bonds. The van der Waals surface area contributed by atoms with Crippen LogP contribution in [0.25, 0.3) is 11.4 Å². The molecular formula is C18H20N6O. The van der Waals surface area contributed by atoms with Crippen LogP contribution in [-0.2, 0) is 11.8 Å². The number of rotatable bonds is 4. The van der Waals surface area contributed by atoms with Crippen molar-refractivity contribution in [3.05, 3.63) is 47.9 Å². The normalized spacial score (nSPS) is 10.6. The lowest BCUT2D eigenvalue weighted by atomic mass is 10.2. The van der Waals surface area contributed by atoms with E-state index in [1.807, 2.05) is 55.9 Å². The fourth-order valence-corrected chi connectivity index (χ4v) is 2.63. The first-order valence-corrected chi connectivity index (χ1v) is 7.92. The summed E-state index contributed by atoms with van der Waals surface area (Å²) in [6.07, 6.45) is 1.72. The van der Waals surface area contributed by atoms with Crippen molar-refractivity contribution >= 4 is 23.1 Å². The van der Waals surface area contributed by atoms with E-state index >= 15 is 0 Å². The minimum Gasteiger partial charge on any atom is -0.340 e. The van der Waals surface area contributed by atoms with Gasteiger partial charge in [-0.3, -0.25) is 9.48 Å². The number of nitrogens with one attached hydrogen (secondary N) is 2. The van der Waals surface area contributed by atoms with E-state index in [1.165, 1.54) is 6.92 Å². The van der Waals surface area contributed by atoms with Crippen LogP contribution in [0, 0.1) is 13.8 Å². The van der Waals surface area contributed by atoms with Crippen LogP contribution in [-0.4, -0.2) is 25.7 Å². The Hall–Kier alpha value is -3.22. The zero-order valence-electron chi connectivity index (χ0n) is 14.7. The summed E-state index contributed by atoms with van der Waals surface area (Å²) in [5, 5.41) is 10.4. The molecule has 0 atom stereocenters. The zero-order valence-corrected chi connectivity index (χ0v) is 14.7. The number of carbonyl (C=O) groups is 1. The summed E-state index contributed by atoms with van der Waals surface area (Å²) in [4.78, 5) is 20.0. The van der Waals surface area contributed by atoms with Gasteiger partial charge in [-0.2, -0.15) is 5.10 Å². The molecule has 3 aromatic rings. The molecule has 128 valence electrons. The van der Waals surface area contributed by atoms with Crippen molar-refractivity contribution in [2.45, 2.75) is 20.8 Å². The first kappa shape index (κ1) is 16.6. The summed E-state index contributed by atoms with van der Waals surface area (Å²) in [5.74, 6) is 1.24. The molecule has 25 heavy (non-hydrogen) atoms. The highest BCUT2D eigenvalue weighted by Crippen LogP contribution is 2.25. The largest absolute Gasteiger partial charge is 0.340 e. The number of hydrogen-bond acceptors (Lipinski definition) is 5. The summed E-state index contributed by atoms with van der Waals surface area (Å²) in [6.45, 7) is 5.43. The molecule has 1 aromatic carbocycles. The van der Waals surface area contributed by atoms with Gasteiger partial charge in [0.2, 0.25) is 5.91 Å². The van der Waals surface area contributed by atoms with Gasteiger partial charge < -0.3 is 10.6 Å². The minimum atomic E-state index is -0.0941. The van der Waals surface area contributed by atoms with E-state index in [0.29, 0.717) is 11.6 Å². The number of aromatic nitrogens is 4. The summed E-state index contributed by atoms with van der Waals surface area (Å²) in [5.41, 5.74) is 4.50. The van der Waals surface area contributed by atoms with Gasteiger partial charge in [0.15, 0.2) is 5.82 Å². The van der Waals surface area contributed by atoms with Crippen LogP contribution in [0.5, 0.6) is 0 Å². The first-order chi connectivity index (χ1) is 11.9. The Morgan fingerprint density at radius 1 is 1.08 bits per heavy atom. The Labute approximate surface area is 146 Å². The van der Waals surface area contributed by atoms with Crippen LogP contribution < -0.4 is 10.6 Å². The second kappa shape index (κ2) is 6.72. The van der Waals surface area contributed by atoms with Crippen molar-refractivity contribution in [3.63, 3.8) is 0 Å². The van der Waals surface area contributed by atoms with Crippen LogP contribution in [0.4, 0.5) is 17.2 Å². The Morgan fingerprint density at radius 3 is 2.36 bits per heavy atom. The van der Waals surface area contributed by atoms with Gasteiger partial charge in [-0.1, -0.05) is 0 Å². The van der Waals surface area contributed by atoms with Crippen LogP contribution in [0.15, 0.2) is 36.5 Å². The van der Waals surface area contributed by atoms with E-state index in [2.05, 4.69) is 25.7 Å². The number of anilines is 3. The lowest BCUT2D eigenvalue weighted by Gasteiger charge is -2.08. The molecule has 0 saturated heterocycles. The van der Waals surface area contributed by atoms with Gasteiger partial charge in [-0.25, -0.2) is 9.97 Å². The Morgan fingerprint density at radius 2 is 1.76 bits per heavy atom. The highest BCUT2D eigenvalue weighted by atomic mass is 16.1. The highest BCUT2D eigenvalue weighted by molar-refractivity contribution is 5.88. The van der Waals surface area contributed by atoms with Gasteiger partial charge in [0.25, 0.3) is 0 Å². The third-order valence-electron chi connectivity index (χ3n) is 3.87. The molecule has 0 aliphatic heterocycles. The molecule has 7 heteroatoms. The third kappa shape index (κ3) is 3.65.